The molecule has 0 saturated carbocycles. The topological polar surface area (TPSA) is 123 Å². The summed E-state index contributed by atoms with van der Waals surface area (Å²) in [6, 6.07) is 4.29. The van der Waals surface area contributed by atoms with Crippen molar-refractivity contribution in [1.82, 2.24) is 5.32 Å². The molecule has 1 amide bonds. The molecule has 1 atom stereocenters. The maximum atomic E-state index is 12.1. The van der Waals surface area contributed by atoms with Crippen molar-refractivity contribution in [3.63, 3.8) is 0 Å². The first-order chi connectivity index (χ1) is 10.8. The average Bonchev–Trinajstić information content (AvgIpc) is 2.88. The Labute approximate surface area is 131 Å². The van der Waals surface area contributed by atoms with E-state index >= 15 is 0 Å². The summed E-state index contributed by atoms with van der Waals surface area (Å²) >= 11 is 0. The monoisotopic (exact) mass is 320 g/mol. The number of nitro groups is 1. The Kier molecular flexibility index (Phi) is 4.63. The quantitative estimate of drug-likeness (QED) is 0.623. The normalized spacial score (nSPS) is 12.3. The van der Waals surface area contributed by atoms with E-state index in [0.29, 0.717) is 11.0 Å². The Balaban J connectivity index is 2.23. The van der Waals surface area contributed by atoms with Crippen molar-refractivity contribution in [2.75, 3.05) is 0 Å². The number of hydrogen-bond donors (Lipinski definition) is 2. The number of amides is 1. The van der Waals surface area contributed by atoms with Crippen molar-refractivity contribution in [3.05, 3.63) is 40.1 Å². The highest BCUT2D eigenvalue weighted by Gasteiger charge is 2.23. The van der Waals surface area contributed by atoms with E-state index in [2.05, 4.69) is 5.32 Å². The van der Waals surface area contributed by atoms with Crippen LogP contribution < -0.4 is 5.32 Å². The molecule has 2 rings (SSSR count). The van der Waals surface area contributed by atoms with Crippen molar-refractivity contribution in [3.8, 4) is 0 Å². The van der Waals surface area contributed by atoms with E-state index < -0.39 is 22.8 Å². The van der Waals surface area contributed by atoms with Crippen molar-refractivity contribution in [1.29, 1.82) is 0 Å². The first-order valence-corrected chi connectivity index (χ1v) is 6.99. The Hall–Kier alpha value is -2.90. The number of rotatable bonds is 6. The molecule has 23 heavy (non-hydrogen) atoms. The summed E-state index contributed by atoms with van der Waals surface area (Å²) in [6.07, 6.45) is 0.284. The van der Waals surface area contributed by atoms with Gasteiger partial charge < -0.3 is 14.8 Å². The van der Waals surface area contributed by atoms with Gasteiger partial charge in [0.2, 0.25) is 0 Å². The Morgan fingerprint density at radius 2 is 2.04 bits per heavy atom. The molecular formula is C15H16N2O6. The molecule has 8 heteroatoms. The van der Waals surface area contributed by atoms with Gasteiger partial charge in [0.25, 0.3) is 11.6 Å². The summed E-state index contributed by atoms with van der Waals surface area (Å²) in [5.74, 6) is -1.79. The van der Waals surface area contributed by atoms with Crippen molar-refractivity contribution >= 4 is 28.5 Å². The second-order valence-electron chi connectivity index (χ2n) is 5.58. The second-order valence-corrected chi connectivity index (χ2v) is 5.58. The molecule has 2 N–H and O–H groups in total. The number of non-ortho nitro benzene ring substituents is 1. The van der Waals surface area contributed by atoms with Gasteiger partial charge in [-0.2, -0.15) is 0 Å². The molecule has 1 heterocycles. The molecule has 0 bridgehead atoms. The number of furan rings is 1. The molecule has 8 nitrogen and oxygen atoms in total. The van der Waals surface area contributed by atoms with Crippen LogP contribution in [0.5, 0.6) is 0 Å². The van der Waals surface area contributed by atoms with E-state index in [-0.39, 0.29) is 23.8 Å². The molecule has 1 aromatic heterocycles. The molecule has 0 fully saturated rings. The minimum absolute atomic E-state index is 0.0875. The summed E-state index contributed by atoms with van der Waals surface area (Å²) in [5.41, 5.74) is 0.199. The predicted molar refractivity (Wildman–Crippen MR) is 81.2 cm³/mol. The predicted octanol–water partition coefficient (Wildman–Crippen LogP) is 2.57. The summed E-state index contributed by atoms with van der Waals surface area (Å²) in [7, 11) is 0. The summed E-state index contributed by atoms with van der Waals surface area (Å²) in [5, 5.41) is 22.7. The van der Waals surface area contributed by atoms with Crippen molar-refractivity contribution in [2.45, 2.75) is 26.3 Å². The molecule has 0 spiro atoms. The molecule has 1 aromatic carbocycles. The number of nitro benzene ring substituents is 1. The maximum absolute atomic E-state index is 12.1. The zero-order valence-electron chi connectivity index (χ0n) is 12.6. The molecule has 2 aromatic rings. The van der Waals surface area contributed by atoms with Crippen LogP contribution in [0.3, 0.4) is 0 Å². The number of nitrogens with zero attached hydrogens (tertiary/aromatic N) is 1. The van der Waals surface area contributed by atoms with Gasteiger partial charge >= 0.3 is 5.97 Å². The lowest BCUT2D eigenvalue weighted by Gasteiger charge is -2.15. The summed E-state index contributed by atoms with van der Waals surface area (Å²) in [4.78, 5) is 33.5. The average molecular weight is 320 g/mol. The SMILES string of the molecule is CC(C)C[C@@H](NC(=O)c1cc2cc([N+](=O)[O-])ccc2o1)C(=O)O. The third-order valence-corrected chi connectivity index (χ3v) is 3.25. The Bertz CT molecular complexity index is 764. The highest BCUT2D eigenvalue weighted by molar-refractivity contribution is 5.98. The third kappa shape index (κ3) is 3.85. The number of benzene rings is 1. The third-order valence-electron chi connectivity index (χ3n) is 3.25. The fraction of sp³-hybridized carbons (Fsp3) is 0.333. The second kappa shape index (κ2) is 6.47. The number of fused-ring (bicyclic) bond motifs is 1. The van der Waals surface area contributed by atoms with Crippen LogP contribution >= 0.6 is 0 Å². The number of aliphatic carboxylic acids is 1. The van der Waals surface area contributed by atoms with E-state index in [9.17, 15) is 19.7 Å². The van der Waals surface area contributed by atoms with Crippen LogP contribution in [0, 0.1) is 16.0 Å². The Morgan fingerprint density at radius 1 is 1.35 bits per heavy atom. The van der Waals surface area contributed by atoms with Crippen LogP contribution in [-0.4, -0.2) is 27.9 Å². The number of carboxylic acids is 1. The highest BCUT2D eigenvalue weighted by Crippen LogP contribution is 2.24. The standard InChI is InChI=1S/C15H16N2O6/c1-8(2)5-11(15(19)20)16-14(18)13-7-9-6-10(17(21)22)3-4-12(9)23-13/h3-4,6-8,11H,5H2,1-2H3,(H,16,18)(H,19,20)/t11-/m1/s1. The number of nitrogens with one attached hydrogen (secondary N) is 1. The molecule has 0 aliphatic rings. The highest BCUT2D eigenvalue weighted by atomic mass is 16.6. The minimum atomic E-state index is -1.13. The van der Waals surface area contributed by atoms with Gasteiger partial charge in [0.15, 0.2) is 5.76 Å². The number of carboxylic acid groups (broad SMARTS) is 1. The van der Waals surface area contributed by atoms with Crippen molar-refractivity contribution < 1.29 is 24.0 Å². The lowest BCUT2D eigenvalue weighted by atomic mass is 10.0. The van der Waals surface area contributed by atoms with Crippen LogP contribution in [0.2, 0.25) is 0 Å². The van der Waals surface area contributed by atoms with Gasteiger partial charge in [-0.15, -0.1) is 0 Å². The number of hydrogen-bond acceptors (Lipinski definition) is 5. The maximum Gasteiger partial charge on any atom is 0.326 e. The lowest BCUT2D eigenvalue weighted by molar-refractivity contribution is -0.384. The van der Waals surface area contributed by atoms with Crippen molar-refractivity contribution in [2.24, 2.45) is 5.92 Å². The van der Waals surface area contributed by atoms with E-state index in [1.165, 1.54) is 24.3 Å². The van der Waals surface area contributed by atoms with Gasteiger partial charge in [-0.1, -0.05) is 13.8 Å². The summed E-state index contributed by atoms with van der Waals surface area (Å²) < 4.78 is 5.32. The Morgan fingerprint density at radius 3 is 2.61 bits per heavy atom. The van der Waals surface area contributed by atoms with Crippen LogP contribution in [0.25, 0.3) is 11.0 Å². The molecule has 0 aliphatic carbocycles. The van der Waals surface area contributed by atoms with E-state index in [1.807, 2.05) is 13.8 Å². The zero-order chi connectivity index (χ0) is 17.1. The van der Waals surface area contributed by atoms with E-state index in [4.69, 9.17) is 9.52 Å². The molecule has 0 radical (unpaired) electrons. The fourth-order valence-corrected chi connectivity index (χ4v) is 2.18. The zero-order valence-corrected chi connectivity index (χ0v) is 12.6. The first-order valence-electron chi connectivity index (χ1n) is 6.99. The van der Waals surface area contributed by atoms with Crippen LogP contribution in [0.4, 0.5) is 5.69 Å². The smallest absolute Gasteiger partial charge is 0.326 e. The summed E-state index contributed by atoms with van der Waals surface area (Å²) in [6.45, 7) is 3.70. The van der Waals surface area contributed by atoms with E-state index in [1.54, 1.807) is 0 Å². The lowest BCUT2D eigenvalue weighted by Crippen LogP contribution is -2.41. The molecule has 0 saturated heterocycles. The van der Waals surface area contributed by atoms with Crippen LogP contribution in [-0.2, 0) is 4.79 Å². The van der Waals surface area contributed by atoms with Gasteiger partial charge in [0.05, 0.1) is 4.92 Å². The first kappa shape index (κ1) is 16.5. The minimum Gasteiger partial charge on any atom is -0.480 e. The molecule has 0 unspecified atom stereocenters. The molecule has 122 valence electrons. The van der Waals surface area contributed by atoms with Gasteiger partial charge in [-0.25, -0.2) is 4.79 Å². The number of carbonyl (C=O) groups is 2. The van der Waals surface area contributed by atoms with Gasteiger partial charge in [0.1, 0.15) is 11.6 Å². The largest absolute Gasteiger partial charge is 0.480 e. The number of carbonyl (C=O) groups excluding carboxylic acids is 1. The van der Waals surface area contributed by atoms with Crippen LogP contribution in [0.1, 0.15) is 30.8 Å². The molecule has 0 aliphatic heterocycles. The van der Waals surface area contributed by atoms with Gasteiger partial charge in [-0.3, -0.25) is 14.9 Å². The van der Waals surface area contributed by atoms with Crippen LogP contribution in [0.15, 0.2) is 28.7 Å². The fourth-order valence-electron chi connectivity index (χ4n) is 2.18. The van der Waals surface area contributed by atoms with Gasteiger partial charge in [0, 0.05) is 17.5 Å². The van der Waals surface area contributed by atoms with Gasteiger partial charge in [-0.05, 0) is 24.5 Å². The van der Waals surface area contributed by atoms with E-state index in [0.717, 1.165) is 0 Å². The molecular weight excluding hydrogens is 304 g/mol.